The average molecular weight is 427 g/mol. The van der Waals surface area contributed by atoms with Crippen molar-refractivity contribution in [1.29, 1.82) is 5.26 Å². The maximum atomic E-state index is 13.2. The van der Waals surface area contributed by atoms with Crippen molar-refractivity contribution in [3.05, 3.63) is 85.6 Å². The van der Waals surface area contributed by atoms with Crippen molar-refractivity contribution in [3.63, 3.8) is 0 Å². The third-order valence-electron chi connectivity index (χ3n) is 4.57. The molecule has 2 aromatic carbocycles. The van der Waals surface area contributed by atoms with Gasteiger partial charge in [0, 0.05) is 5.56 Å². The average Bonchev–Trinajstić information content (AvgIpc) is 2.70. The summed E-state index contributed by atoms with van der Waals surface area (Å²) in [5, 5.41) is 28.8. The number of hydrogen-bond acceptors (Lipinski definition) is 5. The molecule has 0 fully saturated rings. The largest absolute Gasteiger partial charge is 0.493 e. The second-order valence-corrected chi connectivity index (χ2v) is 7.13. The molecule has 0 aliphatic rings. The van der Waals surface area contributed by atoms with Gasteiger partial charge in [-0.1, -0.05) is 59.6 Å². The van der Waals surface area contributed by atoms with Crippen LogP contribution in [0.3, 0.4) is 0 Å². The molecule has 1 aromatic heterocycles. The second-order valence-electron chi connectivity index (χ2n) is 6.32. The standard InChI is InChI=1S/C21H16Cl2N4O2/c1-12-15(11-24)20(28)27(13(2)14-7-4-3-5-8-14)21(29)18(12)25-26-19-16(22)9-6-10-17(19)23/h3-10,13,28H,1-2H3. The Kier molecular flexibility index (Phi) is 6.02. The lowest BCUT2D eigenvalue weighted by Crippen LogP contribution is -2.25. The van der Waals surface area contributed by atoms with E-state index in [9.17, 15) is 15.2 Å². The SMILES string of the molecule is Cc1c(C#N)c(O)n(C(C)c2ccccc2)c(=O)c1N=Nc1c(Cl)cccc1Cl. The molecule has 0 amide bonds. The van der Waals surface area contributed by atoms with Crippen LogP contribution < -0.4 is 5.56 Å². The molecular formula is C21H16Cl2N4O2. The summed E-state index contributed by atoms with van der Waals surface area (Å²) in [4.78, 5) is 13.2. The van der Waals surface area contributed by atoms with Gasteiger partial charge in [0.15, 0.2) is 5.69 Å². The van der Waals surface area contributed by atoms with Crippen molar-refractivity contribution >= 4 is 34.6 Å². The first-order valence-corrected chi connectivity index (χ1v) is 9.41. The Bertz CT molecular complexity index is 1180. The van der Waals surface area contributed by atoms with E-state index in [1.165, 1.54) is 6.92 Å². The van der Waals surface area contributed by atoms with E-state index in [1.807, 2.05) is 36.4 Å². The number of halogens is 2. The molecule has 3 rings (SSSR count). The summed E-state index contributed by atoms with van der Waals surface area (Å²) in [5.41, 5.74) is 0.518. The zero-order valence-corrected chi connectivity index (χ0v) is 17.1. The van der Waals surface area contributed by atoms with Crippen LogP contribution in [0, 0.1) is 18.3 Å². The number of azo groups is 1. The van der Waals surface area contributed by atoms with Crippen molar-refractivity contribution < 1.29 is 5.11 Å². The quantitative estimate of drug-likeness (QED) is 0.513. The van der Waals surface area contributed by atoms with E-state index >= 15 is 0 Å². The Morgan fingerprint density at radius 3 is 2.21 bits per heavy atom. The van der Waals surface area contributed by atoms with Crippen LogP contribution in [0.4, 0.5) is 11.4 Å². The minimum Gasteiger partial charge on any atom is -0.493 e. The topological polar surface area (TPSA) is 90.7 Å². The molecule has 0 spiro atoms. The number of pyridine rings is 1. The van der Waals surface area contributed by atoms with E-state index in [0.717, 1.165) is 10.1 Å². The first kappa shape index (κ1) is 20.6. The van der Waals surface area contributed by atoms with Crippen molar-refractivity contribution in [1.82, 2.24) is 4.57 Å². The fourth-order valence-electron chi connectivity index (χ4n) is 2.95. The number of nitriles is 1. The van der Waals surface area contributed by atoms with E-state index in [1.54, 1.807) is 25.1 Å². The molecule has 8 heteroatoms. The summed E-state index contributed by atoms with van der Waals surface area (Å²) >= 11 is 12.2. The molecule has 1 N–H and O–H groups in total. The minimum absolute atomic E-state index is 0.0495. The summed E-state index contributed by atoms with van der Waals surface area (Å²) in [6.07, 6.45) is 0. The van der Waals surface area contributed by atoms with Crippen LogP contribution in [-0.2, 0) is 0 Å². The Morgan fingerprint density at radius 2 is 1.62 bits per heavy atom. The fourth-order valence-corrected chi connectivity index (χ4v) is 3.43. The molecule has 146 valence electrons. The highest BCUT2D eigenvalue weighted by atomic mass is 35.5. The summed E-state index contributed by atoms with van der Waals surface area (Å²) < 4.78 is 1.13. The number of hydrogen-bond donors (Lipinski definition) is 1. The van der Waals surface area contributed by atoms with Crippen LogP contribution in [-0.4, -0.2) is 9.67 Å². The van der Waals surface area contributed by atoms with Gasteiger partial charge < -0.3 is 5.11 Å². The van der Waals surface area contributed by atoms with Gasteiger partial charge in [-0.25, -0.2) is 0 Å². The molecule has 0 saturated heterocycles. The van der Waals surface area contributed by atoms with Gasteiger partial charge in [-0.2, -0.15) is 5.26 Å². The van der Waals surface area contributed by atoms with Crippen molar-refractivity contribution in [2.45, 2.75) is 19.9 Å². The maximum Gasteiger partial charge on any atom is 0.282 e. The number of aromatic hydroxyl groups is 1. The van der Waals surface area contributed by atoms with Gasteiger partial charge in [-0.15, -0.1) is 10.2 Å². The van der Waals surface area contributed by atoms with E-state index in [4.69, 9.17) is 23.2 Å². The summed E-state index contributed by atoms with van der Waals surface area (Å²) in [6, 6.07) is 15.4. The lowest BCUT2D eigenvalue weighted by atomic mass is 10.1. The highest BCUT2D eigenvalue weighted by Gasteiger charge is 2.23. The minimum atomic E-state index is -0.581. The van der Waals surface area contributed by atoms with Gasteiger partial charge in [0.25, 0.3) is 5.56 Å². The summed E-state index contributed by atoms with van der Waals surface area (Å²) in [6.45, 7) is 3.28. The number of rotatable bonds is 4. The molecular weight excluding hydrogens is 411 g/mol. The molecule has 0 saturated carbocycles. The molecule has 6 nitrogen and oxygen atoms in total. The first-order chi connectivity index (χ1) is 13.9. The molecule has 29 heavy (non-hydrogen) atoms. The van der Waals surface area contributed by atoms with E-state index in [0.29, 0.717) is 0 Å². The predicted molar refractivity (Wildman–Crippen MR) is 113 cm³/mol. The van der Waals surface area contributed by atoms with Gasteiger partial charge in [-0.05, 0) is 31.5 Å². The van der Waals surface area contributed by atoms with Crippen LogP contribution in [0.15, 0.2) is 63.6 Å². The van der Waals surface area contributed by atoms with Crippen LogP contribution in [0.5, 0.6) is 5.88 Å². The van der Waals surface area contributed by atoms with E-state index in [-0.39, 0.29) is 32.5 Å². The number of benzene rings is 2. The molecule has 1 atom stereocenters. The van der Waals surface area contributed by atoms with Crippen LogP contribution >= 0.6 is 23.2 Å². The van der Waals surface area contributed by atoms with Gasteiger partial charge >= 0.3 is 0 Å². The van der Waals surface area contributed by atoms with Crippen molar-refractivity contribution in [2.75, 3.05) is 0 Å². The first-order valence-electron chi connectivity index (χ1n) is 8.65. The Morgan fingerprint density at radius 1 is 1.03 bits per heavy atom. The Hall–Kier alpha value is -3.14. The lowest BCUT2D eigenvalue weighted by molar-refractivity contribution is 0.393. The monoisotopic (exact) mass is 426 g/mol. The smallest absolute Gasteiger partial charge is 0.282 e. The van der Waals surface area contributed by atoms with Crippen molar-refractivity contribution in [2.24, 2.45) is 10.2 Å². The van der Waals surface area contributed by atoms with Gasteiger partial charge in [0.2, 0.25) is 5.88 Å². The Balaban J connectivity index is 2.22. The normalized spacial score (nSPS) is 12.1. The molecule has 1 heterocycles. The highest BCUT2D eigenvalue weighted by molar-refractivity contribution is 6.38. The number of aromatic nitrogens is 1. The van der Waals surface area contributed by atoms with Crippen LogP contribution in [0.25, 0.3) is 0 Å². The lowest BCUT2D eigenvalue weighted by Gasteiger charge is -2.19. The third kappa shape index (κ3) is 3.88. The van der Waals surface area contributed by atoms with Crippen LogP contribution in [0.1, 0.15) is 29.7 Å². The molecule has 3 aromatic rings. The zero-order valence-electron chi connectivity index (χ0n) is 15.6. The van der Waals surface area contributed by atoms with Crippen molar-refractivity contribution in [3.8, 4) is 11.9 Å². The molecule has 0 bridgehead atoms. The maximum absolute atomic E-state index is 13.2. The van der Waals surface area contributed by atoms with Gasteiger partial charge in [-0.3, -0.25) is 9.36 Å². The van der Waals surface area contributed by atoms with E-state index < -0.39 is 17.5 Å². The third-order valence-corrected chi connectivity index (χ3v) is 5.18. The summed E-state index contributed by atoms with van der Waals surface area (Å²) in [7, 11) is 0. The Labute approximate surface area is 177 Å². The molecule has 0 aliphatic carbocycles. The van der Waals surface area contributed by atoms with Gasteiger partial charge in [0.05, 0.1) is 16.1 Å². The second kappa shape index (κ2) is 8.48. The molecule has 1 unspecified atom stereocenters. The summed E-state index contributed by atoms with van der Waals surface area (Å²) in [5.74, 6) is -0.416. The zero-order chi connectivity index (χ0) is 21.1. The number of nitrogens with zero attached hydrogens (tertiary/aromatic N) is 4. The molecule has 0 aliphatic heterocycles. The molecule has 0 radical (unpaired) electrons. The van der Waals surface area contributed by atoms with E-state index in [2.05, 4.69) is 10.2 Å². The fraction of sp³-hybridized carbons (Fsp3) is 0.143. The predicted octanol–water partition coefficient (Wildman–Crippen LogP) is 6.07. The van der Waals surface area contributed by atoms with Gasteiger partial charge in [0.1, 0.15) is 17.3 Å². The van der Waals surface area contributed by atoms with Crippen LogP contribution in [0.2, 0.25) is 10.0 Å². The highest BCUT2D eigenvalue weighted by Crippen LogP contribution is 2.35.